The van der Waals surface area contributed by atoms with E-state index in [2.05, 4.69) is 0 Å². The molecule has 2 aromatic carbocycles. The molecule has 1 atom stereocenters. The number of benzene rings is 2. The molecule has 0 N–H and O–H groups in total. The molecule has 144 valence electrons. The average Bonchev–Trinajstić information content (AvgIpc) is 3.05. The molecule has 0 unspecified atom stereocenters. The second kappa shape index (κ2) is 8.00. The minimum atomic E-state index is -3.10. The zero-order chi connectivity index (χ0) is 19.4. The molecule has 0 aromatic heterocycles. The average molecular weight is 389 g/mol. The first kappa shape index (κ1) is 19.2. The van der Waals surface area contributed by atoms with Crippen molar-refractivity contribution < 1.29 is 22.7 Å². The number of methoxy groups -OCH3 is 2. The van der Waals surface area contributed by atoms with Gasteiger partial charge in [0, 0.05) is 18.2 Å². The Morgan fingerprint density at radius 1 is 1.00 bits per heavy atom. The van der Waals surface area contributed by atoms with Crippen LogP contribution in [0.25, 0.3) is 0 Å². The number of carbonyl (C=O) groups is 1. The Labute approximate surface area is 159 Å². The van der Waals surface area contributed by atoms with E-state index in [0.717, 1.165) is 11.3 Å². The number of ether oxygens (including phenoxy) is 2. The summed E-state index contributed by atoms with van der Waals surface area (Å²) >= 11 is 0. The molecule has 3 rings (SSSR count). The van der Waals surface area contributed by atoms with Gasteiger partial charge >= 0.3 is 0 Å². The molecule has 1 aliphatic rings. The Balaban J connectivity index is 1.87. The van der Waals surface area contributed by atoms with Crippen LogP contribution in [0.4, 0.5) is 0 Å². The van der Waals surface area contributed by atoms with E-state index in [-0.39, 0.29) is 23.5 Å². The minimum absolute atomic E-state index is 0.00501. The van der Waals surface area contributed by atoms with E-state index in [1.165, 1.54) is 0 Å². The van der Waals surface area contributed by atoms with Gasteiger partial charge in [0.15, 0.2) is 9.84 Å². The van der Waals surface area contributed by atoms with Gasteiger partial charge in [-0.1, -0.05) is 12.1 Å². The third kappa shape index (κ3) is 4.60. The molecule has 2 aromatic rings. The highest BCUT2D eigenvalue weighted by Gasteiger charge is 2.35. The molecule has 27 heavy (non-hydrogen) atoms. The van der Waals surface area contributed by atoms with Gasteiger partial charge in [-0.2, -0.15) is 0 Å². The molecule has 0 spiro atoms. The van der Waals surface area contributed by atoms with Crippen LogP contribution in [-0.2, 0) is 16.4 Å². The van der Waals surface area contributed by atoms with Crippen molar-refractivity contribution in [1.82, 2.24) is 4.90 Å². The van der Waals surface area contributed by atoms with Gasteiger partial charge in [0.25, 0.3) is 5.91 Å². The van der Waals surface area contributed by atoms with E-state index in [0.29, 0.717) is 24.3 Å². The molecule has 0 aliphatic carbocycles. The molecule has 1 heterocycles. The Morgan fingerprint density at radius 2 is 1.56 bits per heavy atom. The minimum Gasteiger partial charge on any atom is -0.497 e. The van der Waals surface area contributed by atoms with Gasteiger partial charge < -0.3 is 14.4 Å². The van der Waals surface area contributed by atoms with Gasteiger partial charge in [-0.15, -0.1) is 0 Å². The highest BCUT2D eigenvalue weighted by Crippen LogP contribution is 2.24. The molecule has 0 bridgehead atoms. The van der Waals surface area contributed by atoms with Gasteiger partial charge in [0.1, 0.15) is 11.5 Å². The summed E-state index contributed by atoms with van der Waals surface area (Å²) in [6.07, 6.45) is 0.459. The van der Waals surface area contributed by atoms with Gasteiger partial charge in [0.2, 0.25) is 0 Å². The number of nitrogens with zero attached hydrogens (tertiary/aromatic N) is 1. The number of rotatable bonds is 6. The summed E-state index contributed by atoms with van der Waals surface area (Å²) in [4.78, 5) is 14.8. The highest BCUT2D eigenvalue weighted by molar-refractivity contribution is 7.91. The fourth-order valence-corrected chi connectivity index (χ4v) is 4.95. The predicted octanol–water partition coefficient (Wildman–Crippen LogP) is 2.53. The lowest BCUT2D eigenvalue weighted by molar-refractivity contribution is 0.0681. The molecule has 7 heteroatoms. The van der Waals surface area contributed by atoms with Crippen molar-refractivity contribution in [2.75, 3.05) is 25.7 Å². The lowest BCUT2D eigenvalue weighted by atomic mass is 10.1. The molecule has 1 saturated heterocycles. The zero-order valence-electron chi connectivity index (χ0n) is 15.4. The quantitative estimate of drug-likeness (QED) is 0.759. The maximum Gasteiger partial charge on any atom is 0.254 e. The summed E-state index contributed by atoms with van der Waals surface area (Å²) < 4.78 is 34.2. The maximum absolute atomic E-state index is 13.1. The lowest BCUT2D eigenvalue weighted by Crippen LogP contribution is -2.40. The molecule has 1 amide bonds. The van der Waals surface area contributed by atoms with Crippen LogP contribution in [0.2, 0.25) is 0 Å². The molecule has 6 nitrogen and oxygen atoms in total. The molecule has 0 radical (unpaired) electrons. The van der Waals surface area contributed by atoms with Crippen molar-refractivity contribution in [3.63, 3.8) is 0 Å². The van der Waals surface area contributed by atoms with Crippen LogP contribution in [0.5, 0.6) is 11.5 Å². The van der Waals surface area contributed by atoms with Crippen LogP contribution in [-0.4, -0.2) is 51.0 Å². The summed E-state index contributed by atoms with van der Waals surface area (Å²) in [5.74, 6) is 1.33. The van der Waals surface area contributed by atoms with Gasteiger partial charge in [-0.25, -0.2) is 8.42 Å². The van der Waals surface area contributed by atoms with Crippen LogP contribution < -0.4 is 9.47 Å². The van der Waals surface area contributed by atoms with Crippen molar-refractivity contribution in [2.45, 2.75) is 19.0 Å². The van der Waals surface area contributed by atoms with Gasteiger partial charge in [-0.05, 0) is 48.4 Å². The fourth-order valence-electron chi connectivity index (χ4n) is 3.21. The van der Waals surface area contributed by atoms with Crippen LogP contribution in [0.1, 0.15) is 22.3 Å². The molecule has 1 aliphatic heterocycles. The van der Waals surface area contributed by atoms with E-state index in [1.54, 1.807) is 43.4 Å². The monoisotopic (exact) mass is 389 g/mol. The largest absolute Gasteiger partial charge is 0.497 e. The van der Waals surface area contributed by atoms with Gasteiger partial charge in [0.05, 0.1) is 25.7 Å². The Kier molecular flexibility index (Phi) is 5.70. The Morgan fingerprint density at radius 3 is 2.04 bits per heavy atom. The number of hydrogen-bond acceptors (Lipinski definition) is 5. The van der Waals surface area contributed by atoms with Crippen molar-refractivity contribution in [2.24, 2.45) is 0 Å². The predicted molar refractivity (Wildman–Crippen MR) is 103 cm³/mol. The van der Waals surface area contributed by atoms with Gasteiger partial charge in [-0.3, -0.25) is 4.79 Å². The van der Waals surface area contributed by atoms with Crippen LogP contribution in [0.3, 0.4) is 0 Å². The second-order valence-electron chi connectivity index (χ2n) is 6.57. The summed E-state index contributed by atoms with van der Waals surface area (Å²) in [5, 5.41) is 0. The van der Waals surface area contributed by atoms with E-state index >= 15 is 0 Å². The summed E-state index contributed by atoms with van der Waals surface area (Å²) in [5.41, 5.74) is 1.43. The van der Waals surface area contributed by atoms with Crippen LogP contribution in [0, 0.1) is 0 Å². The van der Waals surface area contributed by atoms with Crippen molar-refractivity contribution in [1.29, 1.82) is 0 Å². The molecular weight excluding hydrogens is 366 g/mol. The van der Waals surface area contributed by atoms with E-state index in [1.807, 2.05) is 24.3 Å². The summed E-state index contributed by atoms with van der Waals surface area (Å²) in [7, 11) is 0.0571. The topological polar surface area (TPSA) is 72.9 Å². The summed E-state index contributed by atoms with van der Waals surface area (Å²) in [6.45, 7) is 0.342. The van der Waals surface area contributed by atoms with E-state index in [4.69, 9.17) is 9.47 Å². The first-order valence-electron chi connectivity index (χ1n) is 8.70. The van der Waals surface area contributed by atoms with Crippen molar-refractivity contribution in [3.8, 4) is 11.5 Å². The SMILES string of the molecule is COc1ccc(CN(C(=O)c2ccc(OC)cc2)[C@H]2CCS(=O)(=O)C2)cc1. The number of carbonyl (C=O) groups excluding carboxylic acids is 1. The van der Waals surface area contributed by atoms with Crippen LogP contribution in [0.15, 0.2) is 48.5 Å². The van der Waals surface area contributed by atoms with E-state index in [9.17, 15) is 13.2 Å². The Bertz CT molecular complexity index is 891. The van der Waals surface area contributed by atoms with Crippen molar-refractivity contribution in [3.05, 3.63) is 59.7 Å². The third-order valence-electron chi connectivity index (χ3n) is 4.76. The fraction of sp³-hybridized carbons (Fsp3) is 0.350. The second-order valence-corrected chi connectivity index (χ2v) is 8.80. The first-order valence-corrected chi connectivity index (χ1v) is 10.5. The van der Waals surface area contributed by atoms with Crippen molar-refractivity contribution >= 4 is 15.7 Å². The molecular formula is C20H23NO5S. The smallest absolute Gasteiger partial charge is 0.254 e. The number of sulfone groups is 1. The maximum atomic E-state index is 13.1. The normalized spacial score (nSPS) is 18.1. The molecule has 1 fully saturated rings. The first-order chi connectivity index (χ1) is 12.9. The molecule has 0 saturated carbocycles. The number of amides is 1. The Hall–Kier alpha value is -2.54. The highest BCUT2D eigenvalue weighted by atomic mass is 32.2. The number of hydrogen-bond donors (Lipinski definition) is 0. The van der Waals surface area contributed by atoms with Crippen LogP contribution >= 0.6 is 0 Å². The third-order valence-corrected chi connectivity index (χ3v) is 6.51. The zero-order valence-corrected chi connectivity index (χ0v) is 16.2. The standard InChI is InChI=1S/C20H23NO5S/c1-25-18-7-3-15(4-8-18)13-21(17-11-12-27(23,24)14-17)20(22)16-5-9-19(26-2)10-6-16/h3-10,17H,11-14H2,1-2H3/t17-/m0/s1. The lowest BCUT2D eigenvalue weighted by Gasteiger charge is -2.28. The summed E-state index contributed by atoms with van der Waals surface area (Å²) in [6, 6.07) is 14.0. The van der Waals surface area contributed by atoms with E-state index < -0.39 is 9.84 Å².